The Morgan fingerprint density at radius 3 is 2.89 bits per heavy atom. The van der Waals surface area contributed by atoms with Crippen molar-refractivity contribution in [1.82, 2.24) is 4.57 Å². The lowest BCUT2D eigenvalue weighted by atomic mass is 10.2. The van der Waals surface area contributed by atoms with Crippen LogP contribution in [0.1, 0.15) is 17.4 Å². The Morgan fingerprint density at radius 2 is 2.21 bits per heavy atom. The van der Waals surface area contributed by atoms with Gasteiger partial charge in [-0.15, -0.1) is 0 Å². The number of aromatic nitrogens is 1. The number of nitrogens with two attached hydrogens (primary N) is 1. The molecule has 2 rings (SSSR count). The zero-order chi connectivity index (χ0) is 14.0. The zero-order valence-electron chi connectivity index (χ0n) is 10.3. The van der Waals surface area contributed by atoms with E-state index < -0.39 is 5.82 Å². The SMILES string of the molecule is CCn1cc(Br)cc1C(=O)Nc1cc(F)ccc1N. The lowest BCUT2D eigenvalue weighted by molar-refractivity contribution is 0.101. The fourth-order valence-electron chi connectivity index (χ4n) is 1.75. The summed E-state index contributed by atoms with van der Waals surface area (Å²) in [5.41, 5.74) is 6.77. The summed E-state index contributed by atoms with van der Waals surface area (Å²) < 4.78 is 15.7. The largest absolute Gasteiger partial charge is 0.397 e. The Balaban J connectivity index is 2.27. The van der Waals surface area contributed by atoms with E-state index in [2.05, 4.69) is 21.2 Å². The molecule has 3 N–H and O–H groups in total. The standard InChI is InChI=1S/C13H13BrFN3O/c1-2-18-7-8(14)5-12(18)13(19)17-11-6-9(15)3-4-10(11)16/h3-7H,2,16H2,1H3,(H,17,19). The second kappa shape index (κ2) is 5.44. The molecule has 6 heteroatoms. The van der Waals surface area contributed by atoms with Crippen molar-refractivity contribution in [3.63, 3.8) is 0 Å². The minimum Gasteiger partial charge on any atom is -0.397 e. The maximum atomic E-state index is 13.1. The van der Waals surface area contributed by atoms with Gasteiger partial charge in [0.05, 0.1) is 11.4 Å². The van der Waals surface area contributed by atoms with E-state index in [9.17, 15) is 9.18 Å². The van der Waals surface area contributed by atoms with Crippen LogP contribution in [0.25, 0.3) is 0 Å². The predicted octanol–water partition coefficient (Wildman–Crippen LogP) is 3.24. The summed E-state index contributed by atoms with van der Waals surface area (Å²) in [5.74, 6) is -0.776. The average Bonchev–Trinajstić information content (AvgIpc) is 2.75. The molecule has 19 heavy (non-hydrogen) atoms. The lowest BCUT2D eigenvalue weighted by Crippen LogP contribution is -2.17. The normalized spacial score (nSPS) is 10.5. The molecule has 0 atom stereocenters. The molecule has 0 aliphatic carbocycles. The van der Waals surface area contributed by atoms with Crippen LogP contribution in [0.5, 0.6) is 0 Å². The number of nitrogen functional groups attached to an aromatic ring is 1. The van der Waals surface area contributed by atoms with Crippen LogP contribution < -0.4 is 11.1 Å². The summed E-state index contributed by atoms with van der Waals surface area (Å²) in [4.78, 5) is 12.1. The van der Waals surface area contributed by atoms with E-state index in [1.165, 1.54) is 18.2 Å². The number of anilines is 2. The average molecular weight is 326 g/mol. The fourth-order valence-corrected chi connectivity index (χ4v) is 2.21. The van der Waals surface area contributed by atoms with Gasteiger partial charge in [0.15, 0.2) is 0 Å². The molecule has 0 saturated carbocycles. The van der Waals surface area contributed by atoms with Crippen LogP contribution in [0.15, 0.2) is 34.9 Å². The predicted molar refractivity (Wildman–Crippen MR) is 76.6 cm³/mol. The van der Waals surface area contributed by atoms with Gasteiger partial charge in [0.25, 0.3) is 5.91 Å². The highest BCUT2D eigenvalue weighted by atomic mass is 79.9. The molecule has 0 radical (unpaired) electrons. The summed E-state index contributed by atoms with van der Waals surface area (Å²) in [6, 6.07) is 5.56. The summed E-state index contributed by atoms with van der Waals surface area (Å²) in [6.07, 6.45) is 1.81. The van der Waals surface area contributed by atoms with E-state index in [0.29, 0.717) is 17.9 Å². The third kappa shape index (κ3) is 2.96. The highest BCUT2D eigenvalue weighted by Gasteiger charge is 2.14. The Labute approximate surface area is 118 Å². The summed E-state index contributed by atoms with van der Waals surface area (Å²) in [6.45, 7) is 2.59. The third-order valence-electron chi connectivity index (χ3n) is 2.70. The quantitative estimate of drug-likeness (QED) is 0.851. The number of rotatable bonds is 3. The number of aryl methyl sites for hydroxylation is 1. The molecule has 1 aromatic heterocycles. The van der Waals surface area contributed by atoms with Gasteiger partial charge in [0.1, 0.15) is 11.5 Å². The number of amides is 1. The van der Waals surface area contributed by atoms with E-state index in [-0.39, 0.29) is 11.6 Å². The Bertz CT molecular complexity index is 624. The molecule has 4 nitrogen and oxygen atoms in total. The first-order chi connectivity index (χ1) is 9.01. The monoisotopic (exact) mass is 325 g/mol. The van der Waals surface area contributed by atoms with Gasteiger partial charge in [-0.05, 0) is 47.1 Å². The van der Waals surface area contributed by atoms with Crippen LogP contribution in [0.4, 0.5) is 15.8 Å². The molecule has 100 valence electrons. The Hall–Kier alpha value is -1.82. The zero-order valence-corrected chi connectivity index (χ0v) is 11.9. The summed E-state index contributed by atoms with van der Waals surface area (Å²) in [5, 5.41) is 2.61. The number of hydrogen-bond acceptors (Lipinski definition) is 2. The second-order valence-electron chi connectivity index (χ2n) is 4.02. The number of carbonyl (C=O) groups excluding carboxylic acids is 1. The first-order valence-corrected chi connectivity index (χ1v) is 6.52. The number of carbonyl (C=O) groups is 1. The van der Waals surface area contributed by atoms with Crippen molar-refractivity contribution in [3.8, 4) is 0 Å². The first-order valence-electron chi connectivity index (χ1n) is 5.73. The van der Waals surface area contributed by atoms with Crippen LogP contribution in [-0.4, -0.2) is 10.5 Å². The molecule has 0 spiro atoms. The number of nitrogens with zero attached hydrogens (tertiary/aromatic N) is 1. The van der Waals surface area contributed by atoms with Crippen molar-refractivity contribution in [2.24, 2.45) is 0 Å². The highest BCUT2D eigenvalue weighted by molar-refractivity contribution is 9.10. The first kappa shape index (κ1) is 13.6. The molecular weight excluding hydrogens is 313 g/mol. The molecule has 0 fully saturated rings. The van der Waals surface area contributed by atoms with Crippen LogP contribution in [0.2, 0.25) is 0 Å². The molecule has 0 aliphatic rings. The van der Waals surface area contributed by atoms with Gasteiger partial charge in [0.2, 0.25) is 0 Å². The van der Waals surface area contributed by atoms with Gasteiger partial charge in [-0.1, -0.05) is 0 Å². The van der Waals surface area contributed by atoms with Gasteiger partial charge < -0.3 is 15.6 Å². The van der Waals surface area contributed by atoms with Crippen LogP contribution in [0.3, 0.4) is 0 Å². The van der Waals surface area contributed by atoms with Crippen LogP contribution in [0, 0.1) is 5.82 Å². The topological polar surface area (TPSA) is 60.0 Å². The smallest absolute Gasteiger partial charge is 0.272 e. The van der Waals surface area contributed by atoms with Crippen LogP contribution in [-0.2, 0) is 6.54 Å². The van der Waals surface area contributed by atoms with E-state index in [4.69, 9.17) is 5.73 Å². The molecule has 1 aromatic carbocycles. The molecule has 2 aromatic rings. The number of hydrogen-bond donors (Lipinski definition) is 2. The van der Waals surface area contributed by atoms with Gasteiger partial charge in [-0.2, -0.15) is 0 Å². The van der Waals surface area contributed by atoms with Crippen LogP contribution >= 0.6 is 15.9 Å². The maximum absolute atomic E-state index is 13.1. The van der Waals surface area contributed by atoms with Gasteiger partial charge in [-0.3, -0.25) is 4.79 Å². The van der Waals surface area contributed by atoms with Gasteiger partial charge >= 0.3 is 0 Å². The lowest BCUT2D eigenvalue weighted by Gasteiger charge is -2.09. The Morgan fingerprint density at radius 1 is 1.47 bits per heavy atom. The van der Waals surface area contributed by atoms with Gasteiger partial charge in [0, 0.05) is 17.2 Å². The van der Waals surface area contributed by atoms with Gasteiger partial charge in [-0.25, -0.2) is 4.39 Å². The molecule has 0 aliphatic heterocycles. The fraction of sp³-hybridized carbons (Fsp3) is 0.154. The molecule has 1 amide bonds. The summed E-state index contributed by atoms with van der Waals surface area (Å²) >= 11 is 3.32. The minimum atomic E-state index is -0.448. The minimum absolute atomic E-state index is 0.268. The number of benzene rings is 1. The second-order valence-corrected chi connectivity index (χ2v) is 4.93. The maximum Gasteiger partial charge on any atom is 0.272 e. The Kier molecular flexibility index (Phi) is 3.90. The summed E-state index contributed by atoms with van der Waals surface area (Å²) in [7, 11) is 0. The van der Waals surface area contributed by atoms with E-state index in [0.717, 1.165) is 4.47 Å². The molecular formula is C13H13BrFN3O. The number of nitrogens with one attached hydrogen (secondary N) is 1. The molecule has 0 bridgehead atoms. The van der Waals surface area contributed by atoms with Crippen molar-refractivity contribution in [3.05, 3.63) is 46.4 Å². The van der Waals surface area contributed by atoms with Crippen molar-refractivity contribution >= 4 is 33.2 Å². The third-order valence-corrected chi connectivity index (χ3v) is 3.13. The van der Waals surface area contributed by atoms with Crippen molar-refractivity contribution in [2.75, 3.05) is 11.1 Å². The highest BCUT2D eigenvalue weighted by Crippen LogP contribution is 2.21. The molecule has 1 heterocycles. The van der Waals surface area contributed by atoms with Crippen molar-refractivity contribution in [1.29, 1.82) is 0 Å². The van der Waals surface area contributed by atoms with Crippen molar-refractivity contribution < 1.29 is 9.18 Å². The molecule has 0 unspecified atom stereocenters. The number of halogens is 2. The van der Waals surface area contributed by atoms with E-state index in [1.807, 2.05) is 13.1 Å². The van der Waals surface area contributed by atoms with Crippen molar-refractivity contribution in [2.45, 2.75) is 13.5 Å². The van der Waals surface area contributed by atoms with E-state index in [1.54, 1.807) is 10.6 Å². The molecule has 0 saturated heterocycles. The van der Waals surface area contributed by atoms with E-state index >= 15 is 0 Å².